The zero-order valence-electron chi connectivity index (χ0n) is 13.3. The van der Waals surface area contributed by atoms with Crippen LogP contribution in [0.2, 0.25) is 0 Å². The van der Waals surface area contributed by atoms with Crippen LogP contribution < -0.4 is 0 Å². The molecule has 0 atom stereocenters. The monoisotopic (exact) mass is 288 g/mol. The van der Waals surface area contributed by atoms with Crippen LogP contribution in [0.25, 0.3) is 0 Å². The van der Waals surface area contributed by atoms with Crippen LogP contribution in [0.4, 0.5) is 0 Å². The van der Waals surface area contributed by atoms with Crippen LogP contribution in [0.1, 0.15) is 57.9 Å². The zero-order chi connectivity index (χ0) is 14.7. The van der Waals surface area contributed by atoms with Gasteiger partial charge in [0.2, 0.25) is 0 Å². The lowest BCUT2D eigenvalue weighted by atomic mass is 10.1. The van der Waals surface area contributed by atoms with Gasteiger partial charge in [-0.2, -0.15) is 0 Å². The van der Waals surface area contributed by atoms with Gasteiger partial charge in [0.05, 0.1) is 0 Å². The van der Waals surface area contributed by atoms with Gasteiger partial charge < -0.3 is 0 Å². The summed E-state index contributed by atoms with van der Waals surface area (Å²) >= 11 is 0. The van der Waals surface area contributed by atoms with Crippen molar-refractivity contribution in [3.8, 4) is 0 Å². The molecule has 0 heterocycles. The van der Waals surface area contributed by atoms with Gasteiger partial charge in [-0.1, -0.05) is 101 Å². The fraction of sp³-hybridized carbons (Fsp3) is 0.429. The first-order chi connectivity index (χ1) is 9.11. The Morgan fingerprint density at radius 3 is 1.38 bits per heavy atom. The van der Waals surface area contributed by atoms with E-state index in [9.17, 15) is 0 Å². The van der Waals surface area contributed by atoms with Crippen molar-refractivity contribution in [2.24, 2.45) is 0 Å². The Labute approximate surface area is 134 Å². The first-order valence-electron chi connectivity index (χ1n) is 7.20. The van der Waals surface area contributed by atoms with Crippen LogP contribution in [0.15, 0.2) is 48.5 Å². The minimum Gasteiger partial charge on any atom is -0.0776 e. The predicted octanol–water partition coefficient (Wildman–Crippen LogP) is 7.16. The second-order valence-electron chi connectivity index (χ2n) is 4.50. The second kappa shape index (κ2) is 14.8. The quantitative estimate of drug-likeness (QED) is 0.522. The van der Waals surface area contributed by atoms with Gasteiger partial charge in [0, 0.05) is 0 Å². The van der Waals surface area contributed by atoms with E-state index in [1.54, 1.807) is 0 Å². The maximum atomic E-state index is 2.18. The SMILES string of the molecule is C.C.CC.CCc1ccc(C)cc1.Cc1cccc(C)c1. The van der Waals surface area contributed by atoms with Gasteiger partial charge in [-0.3, -0.25) is 0 Å². The Balaban J connectivity index is -0.000000255. The smallest absolute Gasteiger partial charge is 0.0307 e. The molecule has 0 N–H and O–H groups in total. The van der Waals surface area contributed by atoms with Crippen LogP contribution in [-0.2, 0) is 6.42 Å². The van der Waals surface area contributed by atoms with Crippen molar-refractivity contribution in [1.29, 1.82) is 0 Å². The van der Waals surface area contributed by atoms with Gasteiger partial charge in [0.25, 0.3) is 0 Å². The van der Waals surface area contributed by atoms with Crippen molar-refractivity contribution < 1.29 is 0 Å². The molecule has 0 aliphatic carbocycles. The first kappa shape index (κ1) is 24.5. The summed E-state index contributed by atoms with van der Waals surface area (Å²) in [5.41, 5.74) is 5.43. The highest BCUT2D eigenvalue weighted by Crippen LogP contribution is 2.02. The number of aryl methyl sites for hydroxylation is 4. The van der Waals surface area contributed by atoms with Crippen LogP contribution in [0.3, 0.4) is 0 Å². The zero-order valence-corrected chi connectivity index (χ0v) is 13.3. The maximum absolute atomic E-state index is 2.18. The molecule has 0 heteroatoms. The Kier molecular flexibility index (Phi) is 17.3. The largest absolute Gasteiger partial charge is 0.0776 e. The molecule has 0 saturated carbocycles. The van der Waals surface area contributed by atoms with Crippen molar-refractivity contribution >= 4 is 0 Å². The van der Waals surface area contributed by atoms with E-state index in [-0.39, 0.29) is 14.9 Å². The van der Waals surface area contributed by atoms with E-state index in [0.717, 1.165) is 6.42 Å². The summed E-state index contributed by atoms with van der Waals surface area (Å²) in [6.45, 7) is 12.5. The normalized spacial score (nSPS) is 7.90. The van der Waals surface area contributed by atoms with Crippen molar-refractivity contribution in [3.05, 3.63) is 70.8 Å². The lowest BCUT2D eigenvalue weighted by Crippen LogP contribution is -1.77. The van der Waals surface area contributed by atoms with Crippen molar-refractivity contribution in [2.75, 3.05) is 0 Å². The van der Waals surface area contributed by atoms with E-state index in [4.69, 9.17) is 0 Å². The molecule has 21 heavy (non-hydrogen) atoms. The number of benzene rings is 2. The van der Waals surface area contributed by atoms with Gasteiger partial charge in [-0.25, -0.2) is 0 Å². The van der Waals surface area contributed by atoms with Crippen molar-refractivity contribution in [1.82, 2.24) is 0 Å². The summed E-state index contributed by atoms with van der Waals surface area (Å²) in [7, 11) is 0. The molecule has 120 valence electrons. The molecular weight excluding hydrogens is 252 g/mol. The molecule has 0 aliphatic rings. The summed E-state index contributed by atoms with van der Waals surface area (Å²) < 4.78 is 0. The Morgan fingerprint density at radius 1 is 0.667 bits per heavy atom. The number of rotatable bonds is 1. The van der Waals surface area contributed by atoms with Gasteiger partial charge in [0.1, 0.15) is 0 Å². The summed E-state index contributed by atoms with van der Waals surface area (Å²) in [4.78, 5) is 0. The van der Waals surface area contributed by atoms with E-state index in [1.807, 2.05) is 13.8 Å². The third-order valence-corrected chi connectivity index (χ3v) is 2.70. The number of hydrogen-bond donors (Lipinski definition) is 0. The standard InChI is InChI=1S/C9H12.C8H10.C2H6.2CH4/c1-3-9-6-4-8(2)5-7-9;1-7-4-3-5-8(2)6-7;1-2;;/h4-7H,3H2,1-2H3;3-6H,1-2H3;1-2H3;2*1H4. The van der Waals surface area contributed by atoms with E-state index < -0.39 is 0 Å². The second-order valence-corrected chi connectivity index (χ2v) is 4.50. The molecule has 0 unspecified atom stereocenters. The topological polar surface area (TPSA) is 0 Å². The lowest BCUT2D eigenvalue weighted by molar-refractivity contribution is 1.14. The fourth-order valence-electron chi connectivity index (χ4n) is 1.63. The molecule has 0 nitrogen and oxygen atoms in total. The summed E-state index contributed by atoms with van der Waals surface area (Å²) in [5, 5.41) is 0. The average molecular weight is 289 g/mol. The molecule has 0 amide bonds. The van der Waals surface area contributed by atoms with Gasteiger partial charge in [-0.15, -0.1) is 0 Å². The van der Waals surface area contributed by atoms with Gasteiger partial charge in [-0.05, 0) is 32.8 Å². The molecular formula is C21H36. The molecule has 0 aromatic heterocycles. The van der Waals surface area contributed by atoms with Crippen LogP contribution in [0.5, 0.6) is 0 Å². The third kappa shape index (κ3) is 11.9. The summed E-state index contributed by atoms with van der Waals surface area (Å²) in [6.07, 6.45) is 1.14. The predicted molar refractivity (Wildman–Crippen MR) is 101 cm³/mol. The Bertz CT molecular complexity index is 421. The first-order valence-corrected chi connectivity index (χ1v) is 7.20. The lowest BCUT2D eigenvalue weighted by Gasteiger charge is -1.94. The summed E-state index contributed by atoms with van der Waals surface area (Å²) in [6, 6.07) is 17.1. The van der Waals surface area contributed by atoms with E-state index in [0.29, 0.717) is 0 Å². The Hall–Kier alpha value is -1.56. The Morgan fingerprint density at radius 2 is 1.10 bits per heavy atom. The maximum Gasteiger partial charge on any atom is -0.0307 e. The molecule has 0 spiro atoms. The molecule has 2 aromatic carbocycles. The van der Waals surface area contributed by atoms with Crippen molar-refractivity contribution in [3.63, 3.8) is 0 Å². The number of hydrogen-bond acceptors (Lipinski definition) is 0. The molecule has 2 aromatic rings. The van der Waals surface area contributed by atoms with Gasteiger partial charge >= 0.3 is 0 Å². The van der Waals surface area contributed by atoms with E-state index in [1.165, 1.54) is 22.3 Å². The average Bonchev–Trinajstić information content (AvgIpc) is 2.42. The molecule has 0 saturated heterocycles. The van der Waals surface area contributed by atoms with Crippen LogP contribution >= 0.6 is 0 Å². The van der Waals surface area contributed by atoms with Crippen LogP contribution in [-0.4, -0.2) is 0 Å². The fourth-order valence-corrected chi connectivity index (χ4v) is 1.63. The highest BCUT2D eigenvalue weighted by atomic mass is 13.9. The third-order valence-electron chi connectivity index (χ3n) is 2.70. The molecule has 0 bridgehead atoms. The highest BCUT2D eigenvalue weighted by molar-refractivity contribution is 5.21. The molecule has 2 rings (SSSR count). The van der Waals surface area contributed by atoms with Crippen LogP contribution in [0, 0.1) is 20.8 Å². The van der Waals surface area contributed by atoms with Gasteiger partial charge in [0.15, 0.2) is 0 Å². The van der Waals surface area contributed by atoms with E-state index >= 15 is 0 Å². The molecule has 0 radical (unpaired) electrons. The molecule has 0 fully saturated rings. The minimum atomic E-state index is 0. The van der Waals surface area contributed by atoms with E-state index in [2.05, 4.69) is 76.2 Å². The molecule has 0 aliphatic heterocycles. The summed E-state index contributed by atoms with van der Waals surface area (Å²) in [5.74, 6) is 0. The minimum absolute atomic E-state index is 0. The highest BCUT2D eigenvalue weighted by Gasteiger charge is 1.84. The van der Waals surface area contributed by atoms with Crippen molar-refractivity contribution in [2.45, 2.75) is 62.8 Å².